The average Bonchev–Trinajstić information content (AvgIpc) is 2.54. The summed E-state index contributed by atoms with van der Waals surface area (Å²) in [5, 5.41) is 0.621. The summed E-state index contributed by atoms with van der Waals surface area (Å²) in [5.74, 6) is 0. The van der Waals surface area contributed by atoms with Crippen LogP contribution in [0.2, 0.25) is 0 Å². The summed E-state index contributed by atoms with van der Waals surface area (Å²) in [7, 11) is 3.24. The standard InChI is InChI=1S/C18H25N3O2/c1-20-16-15(17(22)21(2)18(20)23)13-10-8-6-4-3-5-7-9-11-14(12-13)19-16/h12H,3-11H2,1-2H3. The molecule has 0 atom stereocenters. The van der Waals surface area contributed by atoms with E-state index in [0.29, 0.717) is 11.0 Å². The van der Waals surface area contributed by atoms with Crippen molar-refractivity contribution >= 4 is 11.0 Å². The summed E-state index contributed by atoms with van der Waals surface area (Å²) in [6, 6.07) is 2.09. The molecule has 3 rings (SSSR count). The van der Waals surface area contributed by atoms with E-state index in [2.05, 4.69) is 11.1 Å². The molecule has 2 bridgehead atoms. The van der Waals surface area contributed by atoms with Gasteiger partial charge in [0.1, 0.15) is 5.65 Å². The maximum absolute atomic E-state index is 12.6. The first-order chi connectivity index (χ1) is 11.1. The Morgan fingerprint density at radius 3 is 2.17 bits per heavy atom. The normalized spacial score (nSPS) is 16.8. The fourth-order valence-electron chi connectivity index (χ4n) is 3.52. The van der Waals surface area contributed by atoms with E-state index < -0.39 is 0 Å². The van der Waals surface area contributed by atoms with Gasteiger partial charge in [0, 0.05) is 19.8 Å². The van der Waals surface area contributed by atoms with E-state index in [1.807, 2.05) is 0 Å². The molecule has 5 nitrogen and oxygen atoms in total. The van der Waals surface area contributed by atoms with Gasteiger partial charge in [-0.1, -0.05) is 32.1 Å². The van der Waals surface area contributed by atoms with Crippen molar-refractivity contribution < 1.29 is 0 Å². The summed E-state index contributed by atoms with van der Waals surface area (Å²) < 4.78 is 2.70. The molecule has 124 valence electrons. The van der Waals surface area contributed by atoms with E-state index in [9.17, 15) is 9.59 Å². The first-order valence-corrected chi connectivity index (χ1v) is 8.68. The number of fused-ring (bicyclic) bond motifs is 4. The molecule has 0 aromatic carbocycles. The van der Waals surface area contributed by atoms with Crippen LogP contribution in [0.1, 0.15) is 56.2 Å². The fourth-order valence-corrected chi connectivity index (χ4v) is 3.52. The van der Waals surface area contributed by atoms with Crippen LogP contribution in [0.15, 0.2) is 15.7 Å². The molecular formula is C18H25N3O2. The Hall–Kier alpha value is -1.91. The largest absolute Gasteiger partial charge is 0.332 e. The van der Waals surface area contributed by atoms with E-state index >= 15 is 0 Å². The van der Waals surface area contributed by atoms with Crippen LogP contribution in [0, 0.1) is 0 Å². The van der Waals surface area contributed by atoms with Crippen LogP contribution in [0.3, 0.4) is 0 Å². The lowest BCUT2D eigenvalue weighted by atomic mass is 9.99. The van der Waals surface area contributed by atoms with Crippen LogP contribution < -0.4 is 11.2 Å². The molecule has 0 N–H and O–H groups in total. The van der Waals surface area contributed by atoms with Crippen molar-refractivity contribution in [1.29, 1.82) is 0 Å². The lowest BCUT2D eigenvalue weighted by Gasteiger charge is -2.14. The first-order valence-electron chi connectivity index (χ1n) is 8.68. The van der Waals surface area contributed by atoms with Gasteiger partial charge < -0.3 is 0 Å². The fraction of sp³-hybridized carbons (Fsp3) is 0.611. The van der Waals surface area contributed by atoms with Crippen LogP contribution >= 0.6 is 0 Å². The molecular weight excluding hydrogens is 290 g/mol. The Bertz CT molecular complexity index is 833. The zero-order valence-electron chi connectivity index (χ0n) is 14.1. The van der Waals surface area contributed by atoms with Crippen molar-refractivity contribution in [2.24, 2.45) is 14.1 Å². The molecule has 1 aliphatic carbocycles. The highest BCUT2D eigenvalue weighted by atomic mass is 16.2. The number of hydrogen-bond donors (Lipinski definition) is 0. The molecule has 1 aliphatic rings. The van der Waals surface area contributed by atoms with Gasteiger partial charge >= 0.3 is 5.69 Å². The van der Waals surface area contributed by atoms with Gasteiger partial charge in [-0.2, -0.15) is 0 Å². The maximum Gasteiger partial charge on any atom is 0.332 e. The molecule has 0 spiro atoms. The second kappa shape index (κ2) is 6.69. The van der Waals surface area contributed by atoms with Gasteiger partial charge in [-0.25, -0.2) is 9.78 Å². The van der Waals surface area contributed by atoms with Crippen molar-refractivity contribution in [3.05, 3.63) is 38.2 Å². The number of aryl methyl sites for hydroxylation is 3. The smallest absolute Gasteiger partial charge is 0.280 e. The highest BCUT2D eigenvalue weighted by Crippen LogP contribution is 2.20. The van der Waals surface area contributed by atoms with E-state index in [1.54, 1.807) is 14.1 Å². The van der Waals surface area contributed by atoms with Gasteiger partial charge in [-0.3, -0.25) is 13.9 Å². The van der Waals surface area contributed by atoms with Gasteiger partial charge in [0.15, 0.2) is 0 Å². The van der Waals surface area contributed by atoms with E-state index in [4.69, 9.17) is 0 Å². The molecule has 0 aliphatic heterocycles. The van der Waals surface area contributed by atoms with E-state index in [-0.39, 0.29) is 11.2 Å². The molecule has 2 heterocycles. The third-order valence-electron chi connectivity index (χ3n) is 4.92. The molecule has 0 saturated carbocycles. The second-order valence-electron chi connectivity index (χ2n) is 6.65. The zero-order chi connectivity index (χ0) is 16.4. The number of pyridine rings is 1. The Labute approximate surface area is 136 Å². The van der Waals surface area contributed by atoms with Gasteiger partial charge in [0.05, 0.1) is 5.39 Å². The lowest BCUT2D eigenvalue weighted by Crippen LogP contribution is -2.38. The average molecular weight is 315 g/mol. The van der Waals surface area contributed by atoms with Gasteiger partial charge in [0.2, 0.25) is 0 Å². The van der Waals surface area contributed by atoms with Crippen LogP contribution in [-0.2, 0) is 26.9 Å². The van der Waals surface area contributed by atoms with E-state index in [0.717, 1.165) is 36.9 Å². The monoisotopic (exact) mass is 315 g/mol. The van der Waals surface area contributed by atoms with Gasteiger partial charge in [-0.05, 0) is 37.3 Å². The summed E-state index contributed by atoms with van der Waals surface area (Å²) >= 11 is 0. The Morgan fingerprint density at radius 2 is 1.48 bits per heavy atom. The minimum absolute atomic E-state index is 0.218. The molecule has 0 amide bonds. The third kappa shape index (κ3) is 3.09. The molecule has 0 radical (unpaired) electrons. The molecule has 0 unspecified atom stereocenters. The van der Waals surface area contributed by atoms with Crippen LogP contribution in [0.25, 0.3) is 11.0 Å². The van der Waals surface area contributed by atoms with Gasteiger partial charge in [-0.15, -0.1) is 0 Å². The van der Waals surface area contributed by atoms with Crippen LogP contribution in [0.4, 0.5) is 0 Å². The topological polar surface area (TPSA) is 56.9 Å². The summed E-state index contributed by atoms with van der Waals surface area (Å²) in [6.07, 6.45) is 10.3. The SMILES string of the molecule is Cn1c(=O)c2c3cc(nc2n(C)c1=O)CCCCCCCCC3. The maximum atomic E-state index is 12.6. The quantitative estimate of drug-likeness (QED) is 0.750. The summed E-state index contributed by atoms with van der Waals surface area (Å²) in [6.45, 7) is 0. The predicted molar refractivity (Wildman–Crippen MR) is 92.0 cm³/mol. The van der Waals surface area contributed by atoms with Crippen molar-refractivity contribution in [2.45, 2.75) is 57.8 Å². The lowest BCUT2D eigenvalue weighted by molar-refractivity contribution is 0.573. The Kier molecular flexibility index (Phi) is 4.64. The summed E-state index contributed by atoms with van der Waals surface area (Å²) in [5.41, 5.74) is 2.09. The molecule has 23 heavy (non-hydrogen) atoms. The van der Waals surface area contributed by atoms with Crippen molar-refractivity contribution in [2.75, 3.05) is 0 Å². The molecule has 0 fully saturated rings. The second-order valence-corrected chi connectivity index (χ2v) is 6.65. The predicted octanol–water partition coefficient (Wildman–Crippen LogP) is 2.46. The van der Waals surface area contributed by atoms with Crippen LogP contribution in [-0.4, -0.2) is 14.1 Å². The molecule has 5 heteroatoms. The highest BCUT2D eigenvalue weighted by molar-refractivity contribution is 5.78. The highest BCUT2D eigenvalue weighted by Gasteiger charge is 2.15. The van der Waals surface area contributed by atoms with E-state index in [1.165, 1.54) is 41.2 Å². The minimum atomic E-state index is -0.306. The third-order valence-corrected chi connectivity index (χ3v) is 4.92. The van der Waals surface area contributed by atoms with Gasteiger partial charge in [0.25, 0.3) is 5.56 Å². The number of rotatable bonds is 0. The van der Waals surface area contributed by atoms with Crippen molar-refractivity contribution in [1.82, 2.24) is 14.1 Å². The molecule has 2 aromatic rings. The Morgan fingerprint density at radius 1 is 0.870 bits per heavy atom. The first kappa shape index (κ1) is 16.0. The zero-order valence-corrected chi connectivity index (χ0v) is 14.1. The summed E-state index contributed by atoms with van der Waals surface area (Å²) in [4.78, 5) is 29.4. The number of nitrogens with zero attached hydrogens (tertiary/aromatic N) is 3. The van der Waals surface area contributed by atoms with Crippen molar-refractivity contribution in [3.63, 3.8) is 0 Å². The minimum Gasteiger partial charge on any atom is -0.280 e. The number of hydrogen-bond acceptors (Lipinski definition) is 3. The number of aromatic nitrogens is 3. The molecule has 2 aromatic heterocycles. The van der Waals surface area contributed by atoms with Crippen LogP contribution in [0.5, 0.6) is 0 Å². The van der Waals surface area contributed by atoms with Crippen molar-refractivity contribution in [3.8, 4) is 0 Å². The molecule has 0 saturated heterocycles. The Balaban J connectivity index is 2.21.